The van der Waals surface area contributed by atoms with Gasteiger partial charge in [-0.2, -0.15) is 0 Å². The normalized spacial score (nSPS) is 22.3. The zero-order valence-corrected chi connectivity index (χ0v) is 16.0. The Bertz CT molecular complexity index is 623. The number of thiophene rings is 1. The van der Waals surface area contributed by atoms with Crippen LogP contribution in [0.4, 0.5) is 0 Å². The Labute approximate surface area is 156 Å². The molecule has 1 saturated carbocycles. The van der Waals surface area contributed by atoms with Crippen LogP contribution in [0, 0.1) is 5.41 Å². The predicted octanol–water partition coefficient (Wildman–Crippen LogP) is 4.42. The Morgan fingerprint density at radius 2 is 2.13 bits per heavy atom. The van der Waals surface area contributed by atoms with Gasteiger partial charge in [0.15, 0.2) is 0 Å². The molecule has 0 radical (unpaired) electrons. The Balaban J connectivity index is 0.00000156. The van der Waals surface area contributed by atoms with Gasteiger partial charge < -0.3 is 5.32 Å². The lowest BCUT2D eigenvalue weighted by Gasteiger charge is -2.28. The van der Waals surface area contributed by atoms with Crippen molar-refractivity contribution < 1.29 is 0 Å². The van der Waals surface area contributed by atoms with E-state index in [0.717, 1.165) is 18.1 Å². The minimum absolute atomic E-state index is 0. The summed E-state index contributed by atoms with van der Waals surface area (Å²) in [5.74, 6) is 0. The average Bonchev–Trinajstić information content (AvgIpc) is 2.90. The van der Waals surface area contributed by atoms with Gasteiger partial charge in [0.1, 0.15) is 5.01 Å². The summed E-state index contributed by atoms with van der Waals surface area (Å²) in [4.78, 5) is 8.48. The number of aromatic nitrogens is 1. The van der Waals surface area contributed by atoms with E-state index in [1.54, 1.807) is 22.7 Å². The molecule has 2 aromatic heterocycles. The molecule has 0 aromatic carbocycles. The molecule has 1 N–H and O–H groups in total. The second kappa shape index (κ2) is 7.38. The number of rotatable bonds is 5. The number of thiazole rings is 1. The van der Waals surface area contributed by atoms with Crippen molar-refractivity contribution in [2.24, 2.45) is 5.41 Å². The molecule has 7 heteroatoms. The van der Waals surface area contributed by atoms with E-state index < -0.39 is 0 Å². The van der Waals surface area contributed by atoms with Gasteiger partial charge in [-0.3, -0.25) is 4.90 Å². The van der Waals surface area contributed by atoms with Gasteiger partial charge in [0.2, 0.25) is 0 Å². The number of piperidine rings is 1. The van der Waals surface area contributed by atoms with Gasteiger partial charge in [-0.15, -0.1) is 35.1 Å². The molecular formula is C16H21Cl2N3S2. The fourth-order valence-corrected chi connectivity index (χ4v) is 5.46. The molecule has 0 amide bonds. The second-order valence-corrected chi connectivity index (χ2v) is 8.81. The van der Waals surface area contributed by atoms with E-state index in [9.17, 15) is 0 Å². The standard InChI is InChI=1S/C16H20ClN3S2.ClH/c17-12-7-13(22-11-12)9-20(10-15-19-5-6-21-15)14-8-16(14)1-3-18-4-2-16;/h5-7,11,14,18H,1-4,8-10H2;1H. The van der Waals surface area contributed by atoms with Crippen molar-refractivity contribution in [3.05, 3.63) is 37.9 Å². The predicted molar refractivity (Wildman–Crippen MR) is 101 cm³/mol. The molecule has 0 bridgehead atoms. The third-order valence-corrected chi connectivity index (χ3v) is 7.02. The fraction of sp³-hybridized carbons (Fsp3) is 0.562. The van der Waals surface area contributed by atoms with E-state index in [-0.39, 0.29) is 12.4 Å². The highest BCUT2D eigenvalue weighted by Crippen LogP contribution is 2.56. The third-order valence-electron chi connectivity index (χ3n) is 4.99. The van der Waals surface area contributed by atoms with E-state index in [1.165, 1.54) is 42.2 Å². The van der Waals surface area contributed by atoms with Crippen LogP contribution in [-0.4, -0.2) is 29.0 Å². The van der Waals surface area contributed by atoms with Crippen LogP contribution in [0.25, 0.3) is 0 Å². The third kappa shape index (κ3) is 3.91. The first-order valence-electron chi connectivity index (χ1n) is 7.81. The summed E-state index contributed by atoms with van der Waals surface area (Å²) in [5.41, 5.74) is 0.559. The van der Waals surface area contributed by atoms with Crippen LogP contribution in [0.3, 0.4) is 0 Å². The maximum absolute atomic E-state index is 6.10. The van der Waals surface area contributed by atoms with Crippen molar-refractivity contribution in [2.45, 2.75) is 38.4 Å². The van der Waals surface area contributed by atoms with E-state index in [4.69, 9.17) is 11.6 Å². The van der Waals surface area contributed by atoms with Crippen molar-refractivity contribution in [2.75, 3.05) is 13.1 Å². The summed E-state index contributed by atoms with van der Waals surface area (Å²) >= 11 is 9.62. The van der Waals surface area contributed by atoms with Gasteiger partial charge in [-0.1, -0.05) is 11.6 Å². The number of hydrogen-bond donors (Lipinski definition) is 1. The Morgan fingerprint density at radius 3 is 2.78 bits per heavy atom. The molecule has 2 aromatic rings. The zero-order chi connectivity index (χ0) is 15.0. The van der Waals surface area contributed by atoms with Crippen LogP contribution in [0.5, 0.6) is 0 Å². The molecule has 3 nitrogen and oxygen atoms in total. The van der Waals surface area contributed by atoms with Crippen LogP contribution in [0.2, 0.25) is 5.02 Å². The molecule has 1 atom stereocenters. The highest BCUT2D eigenvalue weighted by Gasteiger charge is 2.56. The minimum atomic E-state index is 0. The minimum Gasteiger partial charge on any atom is -0.317 e. The molecule has 3 heterocycles. The summed E-state index contributed by atoms with van der Waals surface area (Å²) in [5, 5.41) is 9.68. The molecule has 1 unspecified atom stereocenters. The zero-order valence-electron chi connectivity index (χ0n) is 12.8. The summed E-state index contributed by atoms with van der Waals surface area (Å²) in [6, 6.07) is 2.82. The largest absolute Gasteiger partial charge is 0.317 e. The molecule has 1 aliphatic heterocycles. The molecule has 2 fully saturated rings. The first-order valence-corrected chi connectivity index (χ1v) is 9.95. The van der Waals surface area contributed by atoms with E-state index >= 15 is 0 Å². The Hall–Kier alpha value is -0.170. The van der Waals surface area contributed by atoms with Crippen LogP contribution in [-0.2, 0) is 13.1 Å². The topological polar surface area (TPSA) is 28.2 Å². The van der Waals surface area contributed by atoms with Crippen molar-refractivity contribution in [1.82, 2.24) is 15.2 Å². The lowest BCUT2D eigenvalue weighted by Crippen LogP contribution is -2.35. The summed E-state index contributed by atoms with van der Waals surface area (Å²) in [6.07, 6.45) is 5.89. The second-order valence-electron chi connectivity index (χ2n) is 6.39. The number of nitrogens with one attached hydrogen (secondary N) is 1. The molecule has 126 valence electrons. The van der Waals surface area contributed by atoms with Gasteiger partial charge in [0, 0.05) is 34.4 Å². The first kappa shape index (κ1) is 17.6. The Kier molecular flexibility index (Phi) is 5.66. The average molecular weight is 390 g/mol. The summed E-state index contributed by atoms with van der Waals surface area (Å²) in [6.45, 7) is 4.31. The highest BCUT2D eigenvalue weighted by atomic mass is 35.5. The molecule has 2 aliphatic rings. The van der Waals surface area contributed by atoms with Crippen molar-refractivity contribution >= 4 is 46.7 Å². The quantitative estimate of drug-likeness (QED) is 0.819. The first-order chi connectivity index (χ1) is 10.8. The SMILES string of the molecule is Cl.Clc1csc(CN(Cc2nccs2)C2CC23CCNCC3)c1. The molecule has 4 rings (SSSR count). The summed E-state index contributed by atoms with van der Waals surface area (Å²) in [7, 11) is 0. The van der Waals surface area contributed by atoms with Crippen molar-refractivity contribution in [1.29, 1.82) is 0 Å². The van der Waals surface area contributed by atoms with E-state index in [1.807, 2.05) is 11.6 Å². The highest BCUT2D eigenvalue weighted by molar-refractivity contribution is 7.10. The van der Waals surface area contributed by atoms with Crippen LogP contribution >= 0.6 is 46.7 Å². The van der Waals surface area contributed by atoms with Gasteiger partial charge in [-0.05, 0) is 43.8 Å². The van der Waals surface area contributed by atoms with Crippen LogP contribution < -0.4 is 5.32 Å². The lowest BCUT2D eigenvalue weighted by atomic mass is 9.93. The maximum Gasteiger partial charge on any atom is 0.107 e. The van der Waals surface area contributed by atoms with Gasteiger partial charge in [-0.25, -0.2) is 4.98 Å². The number of halogens is 2. The maximum atomic E-state index is 6.10. The van der Waals surface area contributed by atoms with Gasteiger partial charge in [0.05, 0.1) is 11.6 Å². The molecule has 1 saturated heterocycles. The smallest absolute Gasteiger partial charge is 0.107 e. The van der Waals surface area contributed by atoms with Crippen LogP contribution in [0.1, 0.15) is 29.1 Å². The monoisotopic (exact) mass is 389 g/mol. The van der Waals surface area contributed by atoms with Gasteiger partial charge >= 0.3 is 0 Å². The lowest BCUT2D eigenvalue weighted by molar-refractivity contribution is 0.189. The molecular weight excluding hydrogens is 369 g/mol. The van der Waals surface area contributed by atoms with Crippen molar-refractivity contribution in [3.8, 4) is 0 Å². The number of hydrogen-bond acceptors (Lipinski definition) is 5. The molecule has 1 spiro atoms. The fourth-order valence-electron chi connectivity index (χ4n) is 3.72. The van der Waals surface area contributed by atoms with E-state index in [0.29, 0.717) is 11.5 Å². The van der Waals surface area contributed by atoms with Gasteiger partial charge in [0.25, 0.3) is 0 Å². The van der Waals surface area contributed by atoms with Crippen LogP contribution in [0.15, 0.2) is 23.0 Å². The summed E-state index contributed by atoms with van der Waals surface area (Å²) < 4.78 is 0. The molecule has 1 aliphatic carbocycles. The number of nitrogens with zero attached hydrogens (tertiary/aromatic N) is 2. The molecule has 23 heavy (non-hydrogen) atoms. The van der Waals surface area contributed by atoms with Crippen molar-refractivity contribution in [3.63, 3.8) is 0 Å². The Morgan fingerprint density at radius 1 is 1.30 bits per heavy atom. The van der Waals surface area contributed by atoms with E-state index in [2.05, 4.69) is 26.6 Å².